The van der Waals surface area contributed by atoms with Crippen molar-refractivity contribution in [2.24, 2.45) is 5.41 Å². The summed E-state index contributed by atoms with van der Waals surface area (Å²) in [5.74, 6) is 0. The number of rotatable bonds is 2. The number of nitriles is 1. The highest BCUT2D eigenvalue weighted by atomic mass is 16.7. The van der Waals surface area contributed by atoms with Gasteiger partial charge in [0.15, 0.2) is 0 Å². The van der Waals surface area contributed by atoms with Gasteiger partial charge in [-0.1, -0.05) is 0 Å². The first-order valence-corrected chi connectivity index (χ1v) is 5.09. The molecule has 0 radical (unpaired) electrons. The minimum atomic E-state index is -0.215. The van der Waals surface area contributed by atoms with Gasteiger partial charge in [0.2, 0.25) is 0 Å². The molecule has 2 rings (SSSR count). The first-order valence-electron chi connectivity index (χ1n) is 5.09. The largest absolute Gasteiger partial charge is 0.355 e. The molecule has 2 aliphatic rings. The second kappa shape index (κ2) is 4.90. The molecular formula is C10H15NO4. The highest BCUT2D eigenvalue weighted by molar-refractivity contribution is 4.91. The topological polar surface area (TPSA) is 60.7 Å². The minimum absolute atomic E-state index is 0.00574. The first kappa shape index (κ1) is 10.8. The molecule has 2 saturated heterocycles. The monoisotopic (exact) mass is 213 g/mol. The zero-order valence-electron chi connectivity index (χ0n) is 8.61. The van der Waals surface area contributed by atoms with Crippen LogP contribution in [-0.2, 0) is 18.9 Å². The third kappa shape index (κ3) is 2.29. The van der Waals surface area contributed by atoms with E-state index in [2.05, 4.69) is 6.07 Å². The van der Waals surface area contributed by atoms with Crippen LogP contribution < -0.4 is 0 Å². The number of ether oxygens (including phenoxy) is 4. The number of hydrogen-bond donors (Lipinski definition) is 0. The number of hydrogen-bond acceptors (Lipinski definition) is 5. The second-order valence-electron chi connectivity index (χ2n) is 4.00. The summed E-state index contributed by atoms with van der Waals surface area (Å²) in [5.41, 5.74) is -0.215. The lowest BCUT2D eigenvalue weighted by Crippen LogP contribution is -2.54. The second-order valence-corrected chi connectivity index (χ2v) is 4.00. The van der Waals surface area contributed by atoms with Crippen molar-refractivity contribution in [3.63, 3.8) is 0 Å². The average Bonchev–Trinajstić information content (AvgIpc) is 2.29. The smallest absolute Gasteiger partial charge is 0.147 e. The molecule has 0 bridgehead atoms. The van der Waals surface area contributed by atoms with E-state index >= 15 is 0 Å². The van der Waals surface area contributed by atoms with E-state index in [1.165, 1.54) is 0 Å². The fourth-order valence-corrected chi connectivity index (χ4v) is 2.09. The summed E-state index contributed by atoms with van der Waals surface area (Å²) in [5, 5.41) is 8.58. The van der Waals surface area contributed by atoms with Crippen molar-refractivity contribution >= 4 is 0 Å². The fraction of sp³-hybridized carbons (Fsp3) is 0.900. The van der Waals surface area contributed by atoms with Gasteiger partial charge in [-0.2, -0.15) is 5.26 Å². The van der Waals surface area contributed by atoms with Crippen LogP contribution in [0.1, 0.15) is 12.8 Å². The van der Waals surface area contributed by atoms with Crippen LogP contribution in [0, 0.1) is 16.7 Å². The summed E-state index contributed by atoms with van der Waals surface area (Å²) in [7, 11) is 0. The molecule has 0 aromatic rings. The van der Waals surface area contributed by atoms with Crippen LogP contribution in [0.15, 0.2) is 0 Å². The Morgan fingerprint density at radius 1 is 1.13 bits per heavy atom. The van der Waals surface area contributed by atoms with Crippen LogP contribution in [0.3, 0.4) is 0 Å². The van der Waals surface area contributed by atoms with Crippen LogP contribution in [0.4, 0.5) is 0 Å². The lowest BCUT2D eigenvalue weighted by atomic mass is 9.81. The molecule has 0 N–H and O–H groups in total. The molecule has 0 amide bonds. The maximum Gasteiger partial charge on any atom is 0.147 e. The summed E-state index contributed by atoms with van der Waals surface area (Å²) >= 11 is 0. The van der Waals surface area contributed by atoms with Gasteiger partial charge in [-0.15, -0.1) is 0 Å². The third-order valence-electron chi connectivity index (χ3n) is 2.89. The Morgan fingerprint density at radius 3 is 2.47 bits per heavy atom. The molecule has 5 nitrogen and oxygen atoms in total. The quantitative estimate of drug-likeness (QED) is 0.674. The van der Waals surface area contributed by atoms with Crippen molar-refractivity contribution in [2.75, 3.05) is 33.4 Å². The average molecular weight is 213 g/mol. The van der Waals surface area contributed by atoms with Gasteiger partial charge in [0.25, 0.3) is 0 Å². The zero-order chi connectivity index (χ0) is 10.6. The molecule has 0 aromatic heterocycles. The Balaban J connectivity index is 2.00. The molecule has 5 heteroatoms. The van der Waals surface area contributed by atoms with Gasteiger partial charge in [-0.25, -0.2) is 0 Å². The van der Waals surface area contributed by atoms with Gasteiger partial charge in [0.1, 0.15) is 13.6 Å². The van der Waals surface area contributed by atoms with Gasteiger partial charge in [0.05, 0.1) is 37.4 Å². The Kier molecular flexibility index (Phi) is 3.54. The van der Waals surface area contributed by atoms with Crippen molar-refractivity contribution in [3.05, 3.63) is 0 Å². The van der Waals surface area contributed by atoms with E-state index in [-0.39, 0.29) is 11.5 Å². The Labute approximate surface area is 88.9 Å². The Morgan fingerprint density at radius 2 is 1.80 bits per heavy atom. The van der Waals surface area contributed by atoms with Gasteiger partial charge in [-0.3, -0.25) is 0 Å². The molecule has 84 valence electrons. The highest BCUT2D eigenvalue weighted by Gasteiger charge is 2.44. The molecule has 1 atom stereocenters. The van der Waals surface area contributed by atoms with Crippen LogP contribution >= 0.6 is 0 Å². The molecular weight excluding hydrogens is 198 g/mol. The van der Waals surface area contributed by atoms with E-state index in [1.807, 2.05) is 0 Å². The van der Waals surface area contributed by atoms with E-state index in [4.69, 9.17) is 24.2 Å². The van der Waals surface area contributed by atoms with Gasteiger partial charge >= 0.3 is 0 Å². The van der Waals surface area contributed by atoms with E-state index in [1.54, 1.807) is 0 Å². The molecule has 0 aliphatic carbocycles. The third-order valence-corrected chi connectivity index (χ3v) is 2.89. The predicted molar refractivity (Wildman–Crippen MR) is 49.7 cm³/mol. The molecule has 2 fully saturated rings. The maximum atomic E-state index is 8.58. The number of nitrogens with zero attached hydrogens (tertiary/aromatic N) is 1. The van der Waals surface area contributed by atoms with Crippen LogP contribution in [0.5, 0.6) is 0 Å². The lowest BCUT2D eigenvalue weighted by Gasteiger charge is -2.44. The van der Waals surface area contributed by atoms with Crippen molar-refractivity contribution in [2.45, 2.75) is 18.9 Å². The molecule has 15 heavy (non-hydrogen) atoms. The van der Waals surface area contributed by atoms with Gasteiger partial charge in [0, 0.05) is 6.42 Å². The first-order chi connectivity index (χ1) is 7.37. The van der Waals surface area contributed by atoms with Crippen molar-refractivity contribution in [1.82, 2.24) is 0 Å². The molecule has 1 unspecified atom stereocenters. The summed E-state index contributed by atoms with van der Waals surface area (Å²) in [4.78, 5) is 0. The van der Waals surface area contributed by atoms with Crippen LogP contribution in [0.2, 0.25) is 0 Å². The van der Waals surface area contributed by atoms with Crippen molar-refractivity contribution in [3.8, 4) is 6.07 Å². The zero-order valence-corrected chi connectivity index (χ0v) is 8.61. The van der Waals surface area contributed by atoms with E-state index < -0.39 is 0 Å². The summed E-state index contributed by atoms with van der Waals surface area (Å²) < 4.78 is 21.5. The van der Waals surface area contributed by atoms with Crippen molar-refractivity contribution in [1.29, 1.82) is 5.26 Å². The van der Waals surface area contributed by atoms with Gasteiger partial charge < -0.3 is 18.9 Å². The summed E-state index contributed by atoms with van der Waals surface area (Å²) in [6.45, 7) is 2.40. The standard InChI is InChI=1S/C10H15NO4/c11-3-1-2-9-10(6-14-8-15-9)4-12-7-13-5-10/h9H,1-2,4-8H2. The van der Waals surface area contributed by atoms with Crippen LogP contribution in [0.25, 0.3) is 0 Å². The molecule has 0 saturated carbocycles. The SMILES string of the molecule is N#CCCC1OCOCC12COCOC2. The molecule has 2 aliphatic heterocycles. The fourth-order valence-electron chi connectivity index (χ4n) is 2.09. The predicted octanol–water partition coefficient (Wildman–Crippen LogP) is 0.654. The summed E-state index contributed by atoms with van der Waals surface area (Å²) in [6.07, 6.45) is 1.21. The van der Waals surface area contributed by atoms with E-state index in [0.29, 0.717) is 46.2 Å². The summed E-state index contributed by atoms with van der Waals surface area (Å²) in [6, 6.07) is 2.13. The normalized spacial score (nSPS) is 29.9. The minimum Gasteiger partial charge on any atom is -0.355 e. The highest BCUT2D eigenvalue weighted by Crippen LogP contribution is 2.34. The Bertz CT molecular complexity index is 236. The molecule has 0 aromatic carbocycles. The maximum absolute atomic E-state index is 8.58. The lowest BCUT2D eigenvalue weighted by molar-refractivity contribution is -0.276. The molecule has 2 heterocycles. The van der Waals surface area contributed by atoms with E-state index in [0.717, 1.165) is 0 Å². The Hall–Kier alpha value is -0.670. The molecule has 1 spiro atoms. The van der Waals surface area contributed by atoms with E-state index in [9.17, 15) is 0 Å². The van der Waals surface area contributed by atoms with Gasteiger partial charge in [-0.05, 0) is 6.42 Å². The van der Waals surface area contributed by atoms with Crippen LogP contribution in [-0.4, -0.2) is 39.5 Å². The van der Waals surface area contributed by atoms with Crippen molar-refractivity contribution < 1.29 is 18.9 Å².